The Bertz CT molecular complexity index is 539. The Morgan fingerprint density at radius 2 is 2.27 bits per heavy atom. The smallest absolute Gasteiger partial charge is 0.223 e. The molecule has 6 heteroatoms. The lowest BCUT2D eigenvalue weighted by atomic mass is 9.89. The Kier molecular flexibility index (Phi) is 4.49. The fraction of sp³-hybridized carbons (Fsp3) is 0.750. The maximum atomic E-state index is 12.4. The van der Waals surface area contributed by atoms with Crippen molar-refractivity contribution in [2.45, 2.75) is 52.0 Å². The van der Waals surface area contributed by atoms with E-state index in [0.717, 1.165) is 49.6 Å². The number of aromatic amines is 1. The lowest BCUT2D eigenvalue weighted by Crippen LogP contribution is -2.39. The average Bonchev–Trinajstić information content (AvgIpc) is 3.09. The van der Waals surface area contributed by atoms with Gasteiger partial charge in [-0.2, -0.15) is 0 Å². The number of amides is 1. The molecule has 3 unspecified atom stereocenters. The molecule has 2 aliphatic rings. The van der Waals surface area contributed by atoms with Gasteiger partial charge in [-0.3, -0.25) is 15.6 Å². The van der Waals surface area contributed by atoms with Crippen LogP contribution in [-0.2, 0) is 17.6 Å². The number of imidazole rings is 1. The SMILES string of the molecule is CC(C)c1nc2c([nH]1)CC(C(=O)NCC1CNNC1C)CC2. The standard InChI is InChI=1S/C16H27N5O/c1-9(2)15-19-13-5-4-11(6-14(13)20-15)16(22)17-7-12-8-18-21-10(12)3/h9-12,18,21H,4-8H2,1-3H3,(H,17,22)(H,19,20). The molecule has 0 saturated carbocycles. The third-order valence-corrected chi connectivity index (χ3v) is 4.92. The first-order chi connectivity index (χ1) is 10.5. The van der Waals surface area contributed by atoms with Crippen molar-refractivity contribution in [3.05, 3.63) is 17.2 Å². The summed E-state index contributed by atoms with van der Waals surface area (Å²) in [7, 11) is 0. The maximum absolute atomic E-state index is 12.4. The third-order valence-electron chi connectivity index (χ3n) is 4.92. The van der Waals surface area contributed by atoms with Crippen LogP contribution in [0.5, 0.6) is 0 Å². The summed E-state index contributed by atoms with van der Waals surface area (Å²) < 4.78 is 0. The van der Waals surface area contributed by atoms with Gasteiger partial charge in [-0.25, -0.2) is 4.98 Å². The van der Waals surface area contributed by atoms with Gasteiger partial charge in [0, 0.05) is 49.0 Å². The first kappa shape index (κ1) is 15.5. The number of nitrogens with one attached hydrogen (secondary N) is 4. The minimum atomic E-state index is 0.0746. The number of hydrogen-bond donors (Lipinski definition) is 4. The Morgan fingerprint density at radius 3 is 2.95 bits per heavy atom. The highest BCUT2D eigenvalue weighted by Crippen LogP contribution is 2.26. The summed E-state index contributed by atoms with van der Waals surface area (Å²) in [4.78, 5) is 20.5. The van der Waals surface area contributed by atoms with Crippen molar-refractivity contribution in [1.29, 1.82) is 0 Å². The summed E-state index contributed by atoms with van der Waals surface area (Å²) in [6.07, 6.45) is 2.59. The summed E-state index contributed by atoms with van der Waals surface area (Å²) in [6, 6.07) is 0.402. The average molecular weight is 305 g/mol. The molecule has 1 amide bonds. The summed E-state index contributed by atoms with van der Waals surface area (Å²) in [5.74, 6) is 2.17. The van der Waals surface area contributed by atoms with E-state index in [2.05, 4.69) is 46.9 Å². The highest BCUT2D eigenvalue weighted by Gasteiger charge is 2.29. The molecule has 22 heavy (non-hydrogen) atoms. The first-order valence-electron chi connectivity index (χ1n) is 8.38. The minimum absolute atomic E-state index is 0.0746. The maximum Gasteiger partial charge on any atom is 0.223 e. The number of rotatable bonds is 4. The van der Waals surface area contributed by atoms with Gasteiger partial charge in [0.05, 0.1) is 5.69 Å². The van der Waals surface area contributed by atoms with Crippen LogP contribution in [0, 0.1) is 11.8 Å². The molecule has 0 aromatic carbocycles. The van der Waals surface area contributed by atoms with Crippen molar-refractivity contribution in [3.63, 3.8) is 0 Å². The van der Waals surface area contributed by atoms with Crippen molar-refractivity contribution in [1.82, 2.24) is 26.1 Å². The highest BCUT2D eigenvalue weighted by molar-refractivity contribution is 5.79. The van der Waals surface area contributed by atoms with E-state index in [-0.39, 0.29) is 11.8 Å². The summed E-state index contributed by atoms with van der Waals surface area (Å²) in [5, 5.41) is 3.13. The van der Waals surface area contributed by atoms with Crippen LogP contribution in [0.1, 0.15) is 50.3 Å². The van der Waals surface area contributed by atoms with E-state index in [9.17, 15) is 4.79 Å². The molecular formula is C16H27N5O. The fourth-order valence-corrected chi connectivity index (χ4v) is 3.27. The van der Waals surface area contributed by atoms with Gasteiger partial charge in [-0.05, 0) is 19.8 Å². The normalized spacial score (nSPS) is 27.9. The molecule has 0 spiro atoms. The van der Waals surface area contributed by atoms with E-state index >= 15 is 0 Å². The minimum Gasteiger partial charge on any atom is -0.355 e. The first-order valence-corrected chi connectivity index (χ1v) is 8.38. The van der Waals surface area contributed by atoms with Gasteiger partial charge in [0.1, 0.15) is 5.82 Å². The molecule has 1 fully saturated rings. The molecular weight excluding hydrogens is 278 g/mol. The molecule has 2 heterocycles. The Morgan fingerprint density at radius 1 is 1.45 bits per heavy atom. The van der Waals surface area contributed by atoms with Crippen LogP contribution < -0.4 is 16.2 Å². The van der Waals surface area contributed by atoms with Gasteiger partial charge in [0.25, 0.3) is 0 Å². The topological polar surface area (TPSA) is 81.8 Å². The lowest BCUT2D eigenvalue weighted by Gasteiger charge is -2.22. The number of hydrazine groups is 1. The number of nitrogens with zero attached hydrogens (tertiary/aromatic N) is 1. The van der Waals surface area contributed by atoms with Gasteiger partial charge in [0.15, 0.2) is 0 Å². The Hall–Kier alpha value is -1.40. The summed E-state index contributed by atoms with van der Waals surface area (Å²) >= 11 is 0. The quantitative estimate of drug-likeness (QED) is 0.665. The van der Waals surface area contributed by atoms with E-state index in [1.807, 2.05) is 0 Å². The van der Waals surface area contributed by atoms with E-state index in [1.165, 1.54) is 0 Å². The van der Waals surface area contributed by atoms with Crippen LogP contribution in [0.2, 0.25) is 0 Å². The van der Waals surface area contributed by atoms with Gasteiger partial charge >= 0.3 is 0 Å². The number of carbonyl (C=O) groups is 1. The number of hydrogen-bond acceptors (Lipinski definition) is 4. The second kappa shape index (κ2) is 6.38. The van der Waals surface area contributed by atoms with Gasteiger partial charge in [-0.15, -0.1) is 0 Å². The summed E-state index contributed by atoms with van der Waals surface area (Å²) in [6.45, 7) is 8.07. The number of fused-ring (bicyclic) bond motifs is 1. The molecule has 1 aromatic rings. The lowest BCUT2D eigenvalue weighted by molar-refractivity contribution is -0.125. The zero-order valence-corrected chi connectivity index (χ0v) is 13.7. The summed E-state index contributed by atoms with van der Waals surface area (Å²) in [5.41, 5.74) is 8.64. The van der Waals surface area contributed by atoms with Crippen LogP contribution >= 0.6 is 0 Å². The Labute approximate surface area is 131 Å². The number of aryl methyl sites for hydroxylation is 1. The van der Waals surface area contributed by atoms with E-state index in [1.54, 1.807) is 0 Å². The van der Waals surface area contributed by atoms with Crippen LogP contribution in [0.4, 0.5) is 0 Å². The molecule has 0 bridgehead atoms. The molecule has 1 aliphatic carbocycles. The molecule has 1 aromatic heterocycles. The molecule has 0 radical (unpaired) electrons. The van der Waals surface area contributed by atoms with Crippen molar-refractivity contribution in [2.75, 3.05) is 13.1 Å². The second-order valence-electron chi connectivity index (χ2n) is 6.96. The highest BCUT2D eigenvalue weighted by atomic mass is 16.1. The van der Waals surface area contributed by atoms with Crippen molar-refractivity contribution < 1.29 is 4.79 Å². The Balaban J connectivity index is 1.55. The molecule has 3 rings (SSSR count). The van der Waals surface area contributed by atoms with E-state index in [0.29, 0.717) is 17.9 Å². The van der Waals surface area contributed by atoms with Crippen molar-refractivity contribution in [2.24, 2.45) is 11.8 Å². The van der Waals surface area contributed by atoms with E-state index in [4.69, 9.17) is 0 Å². The van der Waals surface area contributed by atoms with Crippen molar-refractivity contribution in [3.8, 4) is 0 Å². The monoisotopic (exact) mass is 305 g/mol. The number of H-pyrrole nitrogens is 1. The fourth-order valence-electron chi connectivity index (χ4n) is 3.27. The van der Waals surface area contributed by atoms with Crippen LogP contribution in [0.25, 0.3) is 0 Å². The largest absolute Gasteiger partial charge is 0.355 e. The molecule has 1 saturated heterocycles. The predicted molar refractivity (Wildman–Crippen MR) is 85.3 cm³/mol. The predicted octanol–water partition coefficient (Wildman–Crippen LogP) is 0.867. The molecule has 4 N–H and O–H groups in total. The van der Waals surface area contributed by atoms with Gasteiger partial charge in [-0.1, -0.05) is 13.8 Å². The van der Waals surface area contributed by atoms with Crippen LogP contribution in [0.15, 0.2) is 0 Å². The molecule has 122 valence electrons. The zero-order chi connectivity index (χ0) is 15.7. The van der Waals surface area contributed by atoms with Crippen LogP contribution in [-0.4, -0.2) is 35.0 Å². The van der Waals surface area contributed by atoms with Gasteiger partial charge in [0.2, 0.25) is 5.91 Å². The zero-order valence-electron chi connectivity index (χ0n) is 13.7. The molecule has 3 atom stereocenters. The van der Waals surface area contributed by atoms with Gasteiger partial charge < -0.3 is 10.3 Å². The second-order valence-corrected chi connectivity index (χ2v) is 6.96. The van der Waals surface area contributed by atoms with E-state index < -0.39 is 0 Å². The number of aromatic nitrogens is 2. The van der Waals surface area contributed by atoms with Crippen molar-refractivity contribution >= 4 is 5.91 Å². The number of carbonyl (C=O) groups excluding carboxylic acids is 1. The molecule has 6 nitrogen and oxygen atoms in total. The van der Waals surface area contributed by atoms with Crippen LogP contribution in [0.3, 0.4) is 0 Å². The third kappa shape index (κ3) is 3.17. The molecule has 1 aliphatic heterocycles.